The van der Waals surface area contributed by atoms with Gasteiger partial charge < -0.3 is 5.73 Å². The van der Waals surface area contributed by atoms with Gasteiger partial charge in [-0.05, 0) is 45.4 Å². The molecule has 1 aromatic carbocycles. The number of hydrogen-bond donors (Lipinski definition) is 1. The Kier molecular flexibility index (Phi) is 4.10. The molecule has 0 saturated heterocycles. The lowest BCUT2D eigenvalue weighted by molar-refractivity contribution is 0.586. The van der Waals surface area contributed by atoms with E-state index in [1.807, 2.05) is 19.1 Å². The lowest BCUT2D eigenvalue weighted by atomic mass is 10.1. The van der Waals surface area contributed by atoms with E-state index >= 15 is 0 Å². The molecule has 0 amide bonds. The Labute approximate surface area is 97.6 Å². The van der Waals surface area contributed by atoms with Crippen molar-refractivity contribution in [2.24, 2.45) is 5.73 Å². The summed E-state index contributed by atoms with van der Waals surface area (Å²) in [5.41, 5.74) is 7.40. The van der Waals surface area contributed by atoms with Crippen LogP contribution in [0, 0.1) is 6.92 Å². The third-order valence-corrected chi connectivity index (χ3v) is 4.81. The fourth-order valence-corrected chi connectivity index (χ4v) is 2.88. The maximum absolute atomic E-state index is 12.1. The third kappa shape index (κ3) is 2.62. The molecular weight excluding hydrogens is 222 g/mol. The van der Waals surface area contributed by atoms with Gasteiger partial charge in [-0.2, -0.15) is 0 Å². The minimum atomic E-state index is -3.20. The highest BCUT2D eigenvalue weighted by Crippen LogP contribution is 2.22. The summed E-state index contributed by atoms with van der Waals surface area (Å²) in [6.45, 7) is 5.80. The van der Waals surface area contributed by atoms with Crippen molar-refractivity contribution in [2.75, 3.05) is 6.54 Å². The third-order valence-electron chi connectivity index (χ3n) is 2.56. The van der Waals surface area contributed by atoms with E-state index in [0.717, 1.165) is 11.1 Å². The van der Waals surface area contributed by atoms with Crippen LogP contribution >= 0.6 is 0 Å². The van der Waals surface area contributed by atoms with Gasteiger partial charge in [-0.3, -0.25) is 0 Å². The van der Waals surface area contributed by atoms with E-state index in [1.165, 1.54) is 0 Å². The van der Waals surface area contributed by atoms with Gasteiger partial charge in [0.1, 0.15) is 0 Å². The largest absolute Gasteiger partial charge is 0.330 e. The Morgan fingerprint density at radius 1 is 1.31 bits per heavy atom. The van der Waals surface area contributed by atoms with Gasteiger partial charge in [-0.15, -0.1) is 0 Å². The Morgan fingerprint density at radius 3 is 2.44 bits per heavy atom. The second-order valence-corrected chi connectivity index (χ2v) is 6.72. The first-order valence-electron chi connectivity index (χ1n) is 5.43. The molecule has 0 heterocycles. The lowest BCUT2D eigenvalue weighted by Gasteiger charge is -2.13. The number of hydrogen-bond acceptors (Lipinski definition) is 3. The van der Waals surface area contributed by atoms with Crippen molar-refractivity contribution in [1.82, 2.24) is 0 Å². The average Bonchev–Trinajstić information content (AvgIpc) is 2.17. The summed E-state index contributed by atoms with van der Waals surface area (Å²) in [5, 5.41) is -0.397. The average molecular weight is 241 g/mol. The molecule has 2 N–H and O–H groups in total. The zero-order chi connectivity index (χ0) is 12.3. The second kappa shape index (κ2) is 4.97. The number of benzene rings is 1. The summed E-state index contributed by atoms with van der Waals surface area (Å²) in [4.78, 5) is 0.429. The summed E-state index contributed by atoms with van der Waals surface area (Å²) in [6, 6.07) is 5.42. The van der Waals surface area contributed by atoms with E-state index in [1.54, 1.807) is 19.9 Å². The lowest BCUT2D eigenvalue weighted by Crippen LogP contribution is -2.17. The van der Waals surface area contributed by atoms with Crippen LogP contribution in [0.5, 0.6) is 0 Å². The molecule has 4 heteroatoms. The van der Waals surface area contributed by atoms with Gasteiger partial charge in [0.25, 0.3) is 0 Å². The van der Waals surface area contributed by atoms with Gasteiger partial charge in [0.2, 0.25) is 0 Å². The van der Waals surface area contributed by atoms with Gasteiger partial charge in [0, 0.05) is 0 Å². The smallest absolute Gasteiger partial charge is 0.180 e. The number of sulfone groups is 1. The van der Waals surface area contributed by atoms with Crippen molar-refractivity contribution in [3.05, 3.63) is 29.3 Å². The molecule has 3 nitrogen and oxygen atoms in total. The van der Waals surface area contributed by atoms with Crippen LogP contribution in [0.1, 0.15) is 25.0 Å². The maximum Gasteiger partial charge on any atom is 0.180 e. The molecule has 1 aromatic rings. The molecule has 0 aliphatic heterocycles. The summed E-state index contributed by atoms with van der Waals surface area (Å²) >= 11 is 0. The summed E-state index contributed by atoms with van der Waals surface area (Å²) < 4.78 is 24.2. The number of rotatable bonds is 4. The van der Waals surface area contributed by atoms with Crippen molar-refractivity contribution in [1.29, 1.82) is 0 Å². The zero-order valence-electron chi connectivity index (χ0n) is 10.0. The van der Waals surface area contributed by atoms with Crippen molar-refractivity contribution < 1.29 is 8.42 Å². The van der Waals surface area contributed by atoms with E-state index in [9.17, 15) is 8.42 Å². The Morgan fingerprint density at radius 2 is 1.94 bits per heavy atom. The molecule has 0 saturated carbocycles. The molecule has 1 rings (SSSR count). The fraction of sp³-hybridized carbons (Fsp3) is 0.500. The van der Waals surface area contributed by atoms with E-state index in [0.29, 0.717) is 17.9 Å². The summed E-state index contributed by atoms with van der Waals surface area (Å²) in [6.07, 6.45) is 0.600. The second-order valence-electron chi connectivity index (χ2n) is 4.24. The van der Waals surface area contributed by atoms with Crippen LogP contribution in [0.3, 0.4) is 0 Å². The minimum absolute atomic E-state index is 0.397. The SMILES string of the molecule is Cc1ccc(S(=O)(=O)C(C)C)c(CCN)c1. The Hall–Kier alpha value is -0.870. The highest BCUT2D eigenvalue weighted by atomic mass is 32.2. The van der Waals surface area contributed by atoms with E-state index in [-0.39, 0.29) is 0 Å². The van der Waals surface area contributed by atoms with Crippen molar-refractivity contribution in [3.8, 4) is 0 Å². The molecule has 0 aliphatic carbocycles. The molecule has 0 atom stereocenters. The van der Waals surface area contributed by atoms with Crippen molar-refractivity contribution in [2.45, 2.75) is 37.3 Å². The molecule has 0 unspecified atom stereocenters. The molecule has 0 radical (unpaired) electrons. The van der Waals surface area contributed by atoms with E-state index < -0.39 is 15.1 Å². The van der Waals surface area contributed by atoms with E-state index in [2.05, 4.69) is 0 Å². The topological polar surface area (TPSA) is 60.2 Å². The van der Waals surface area contributed by atoms with Gasteiger partial charge >= 0.3 is 0 Å². The molecule has 0 aliphatic rings. The Balaban J connectivity index is 3.33. The summed E-state index contributed by atoms with van der Waals surface area (Å²) in [5.74, 6) is 0. The van der Waals surface area contributed by atoms with Gasteiger partial charge in [-0.25, -0.2) is 8.42 Å². The minimum Gasteiger partial charge on any atom is -0.330 e. The van der Waals surface area contributed by atoms with Crippen LogP contribution in [0.2, 0.25) is 0 Å². The van der Waals surface area contributed by atoms with Crippen LogP contribution in [-0.4, -0.2) is 20.2 Å². The normalized spacial score (nSPS) is 12.1. The molecule has 0 aromatic heterocycles. The van der Waals surface area contributed by atoms with Gasteiger partial charge in [-0.1, -0.05) is 17.7 Å². The van der Waals surface area contributed by atoms with Crippen molar-refractivity contribution in [3.63, 3.8) is 0 Å². The van der Waals surface area contributed by atoms with Crippen molar-refractivity contribution >= 4 is 9.84 Å². The fourth-order valence-electron chi connectivity index (χ4n) is 1.59. The first-order valence-corrected chi connectivity index (χ1v) is 6.97. The number of nitrogens with two attached hydrogens (primary N) is 1. The molecule has 0 spiro atoms. The van der Waals surface area contributed by atoms with Gasteiger partial charge in [0.05, 0.1) is 10.1 Å². The predicted octanol–water partition coefficient (Wildman–Crippen LogP) is 1.68. The monoisotopic (exact) mass is 241 g/mol. The molecule has 0 bridgehead atoms. The highest BCUT2D eigenvalue weighted by Gasteiger charge is 2.21. The molecule has 0 fully saturated rings. The van der Waals surface area contributed by atoms with Crippen LogP contribution in [0.25, 0.3) is 0 Å². The van der Waals surface area contributed by atoms with Crippen LogP contribution < -0.4 is 5.73 Å². The quantitative estimate of drug-likeness (QED) is 0.872. The van der Waals surface area contributed by atoms with Crippen LogP contribution in [0.15, 0.2) is 23.1 Å². The maximum atomic E-state index is 12.1. The summed E-state index contributed by atoms with van der Waals surface area (Å²) in [7, 11) is -3.20. The van der Waals surface area contributed by atoms with Crippen LogP contribution in [-0.2, 0) is 16.3 Å². The van der Waals surface area contributed by atoms with E-state index in [4.69, 9.17) is 5.73 Å². The first-order chi connectivity index (χ1) is 7.39. The highest BCUT2D eigenvalue weighted by molar-refractivity contribution is 7.92. The molecular formula is C12H19NO2S. The molecule has 16 heavy (non-hydrogen) atoms. The number of aryl methyl sites for hydroxylation is 1. The zero-order valence-corrected chi connectivity index (χ0v) is 10.8. The standard InChI is InChI=1S/C12H19NO2S/c1-9(2)16(14,15)12-5-4-10(3)8-11(12)6-7-13/h4-5,8-9H,6-7,13H2,1-3H3. The first kappa shape index (κ1) is 13.2. The Bertz CT molecular complexity index is 464. The van der Waals surface area contributed by atoms with Gasteiger partial charge in [0.15, 0.2) is 9.84 Å². The van der Waals surface area contributed by atoms with Crippen LogP contribution in [0.4, 0.5) is 0 Å². The molecule has 90 valence electrons. The predicted molar refractivity (Wildman–Crippen MR) is 66.3 cm³/mol.